The molecule has 0 saturated carbocycles. The third-order valence-corrected chi connectivity index (χ3v) is 1.15. The van der Waals surface area contributed by atoms with Crippen molar-refractivity contribution < 1.29 is 9.85 Å². The maximum atomic E-state index is 10.2. The molecule has 0 N–H and O–H groups in total. The van der Waals surface area contributed by atoms with E-state index in [1.54, 1.807) is 0 Å². The fraction of sp³-hybridized carbons (Fsp3) is 0.333. The lowest BCUT2D eigenvalue weighted by molar-refractivity contribution is -0.434. The number of hydrogen-bond donors (Lipinski definition) is 0. The van der Waals surface area contributed by atoms with Crippen LogP contribution in [0.2, 0.25) is 0 Å². The van der Waals surface area contributed by atoms with Crippen LogP contribution in [0.25, 0.3) is 0 Å². The molecule has 0 aromatic rings. The van der Waals surface area contributed by atoms with Gasteiger partial charge in [-0.2, -0.15) is 0 Å². The highest BCUT2D eigenvalue weighted by Gasteiger charge is 2.10. The molecule has 66 valence electrons. The van der Waals surface area contributed by atoms with Gasteiger partial charge in [-0.15, -0.1) is 0 Å². The largest absolute Gasteiger partial charge is 0.271 e. The monoisotopic (exact) mass is 172 g/mol. The first-order valence-electron chi connectivity index (χ1n) is 3.12. The minimum atomic E-state index is -0.674. The molecule has 0 aromatic carbocycles. The molecule has 0 heterocycles. The highest BCUT2D eigenvalue weighted by molar-refractivity contribution is 5.11. The van der Waals surface area contributed by atoms with Crippen molar-refractivity contribution in [3.05, 3.63) is 43.8 Å². The summed E-state index contributed by atoms with van der Waals surface area (Å²) in [6.45, 7) is 2.65. The molecule has 6 heteroatoms. The zero-order chi connectivity index (χ0) is 9.72. The second kappa shape index (κ2) is 4.22. The van der Waals surface area contributed by atoms with Crippen LogP contribution in [-0.4, -0.2) is 9.85 Å². The lowest BCUT2D eigenvalue weighted by Gasteiger charge is -1.89. The van der Waals surface area contributed by atoms with Crippen LogP contribution in [0.4, 0.5) is 0 Å². The third kappa shape index (κ3) is 2.91. The van der Waals surface area contributed by atoms with Gasteiger partial charge < -0.3 is 0 Å². The molecular formula is C6H8N2O4. The smallest absolute Gasteiger partial charge is 0.259 e. The summed E-state index contributed by atoms with van der Waals surface area (Å²) in [4.78, 5) is 18.9. The van der Waals surface area contributed by atoms with E-state index in [-0.39, 0.29) is 11.4 Å². The molecule has 0 radical (unpaired) electrons. The average Bonchev–Trinajstić information content (AvgIpc) is 1.98. The summed E-state index contributed by atoms with van der Waals surface area (Å²) in [7, 11) is 0. The summed E-state index contributed by atoms with van der Waals surface area (Å²) in [5.74, 6) is 0. The van der Waals surface area contributed by atoms with E-state index in [1.165, 1.54) is 19.9 Å². The second-order valence-corrected chi connectivity index (χ2v) is 2.01. The summed E-state index contributed by atoms with van der Waals surface area (Å²) in [6.07, 6.45) is 2.12. The molecule has 0 fully saturated rings. The minimum Gasteiger partial charge on any atom is -0.259 e. The van der Waals surface area contributed by atoms with Crippen LogP contribution in [0.1, 0.15) is 13.8 Å². The van der Waals surface area contributed by atoms with E-state index in [2.05, 4.69) is 0 Å². The summed E-state index contributed by atoms with van der Waals surface area (Å²) < 4.78 is 0. The van der Waals surface area contributed by atoms with Gasteiger partial charge in [-0.1, -0.05) is 0 Å². The molecule has 0 aromatic heterocycles. The number of rotatable bonds is 3. The highest BCUT2D eigenvalue weighted by Crippen LogP contribution is 2.03. The molecular weight excluding hydrogens is 164 g/mol. The Kier molecular flexibility index (Phi) is 3.61. The van der Waals surface area contributed by atoms with Crippen LogP contribution in [0.3, 0.4) is 0 Å². The van der Waals surface area contributed by atoms with Crippen molar-refractivity contribution in [2.24, 2.45) is 0 Å². The van der Waals surface area contributed by atoms with Gasteiger partial charge in [0.05, 0.1) is 15.9 Å². The normalized spacial score (nSPS) is 12.8. The third-order valence-electron chi connectivity index (χ3n) is 1.15. The maximum Gasteiger partial charge on any atom is 0.271 e. The lowest BCUT2D eigenvalue weighted by atomic mass is 10.3. The predicted octanol–water partition coefficient (Wildman–Crippen LogP) is 1.35. The van der Waals surface area contributed by atoms with Crippen molar-refractivity contribution >= 4 is 0 Å². The predicted molar refractivity (Wildman–Crippen MR) is 41.5 cm³/mol. The molecule has 6 nitrogen and oxygen atoms in total. The molecule has 0 unspecified atom stereocenters. The van der Waals surface area contributed by atoms with Crippen LogP contribution in [0.5, 0.6) is 0 Å². The van der Waals surface area contributed by atoms with Crippen molar-refractivity contribution in [2.45, 2.75) is 13.8 Å². The van der Waals surface area contributed by atoms with Crippen molar-refractivity contribution in [2.75, 3.05) is 0 Å². The minimum absolute atomic E-state index is 0.250. The van der Waals surface area contributed by atoms with Gasteiger partial charge >= 0.3 is 0 Å². The van der Waals surface area contributed by atoms with E-state index < -0.39 is 9.85 Å². The molecule has 0 spiro atoms. The zero-order valence-electron chi connectivity index (χ0n) is 6.68. The molecule has 0 saturated heterocycles. The summed E-state index contributed by atoms with van der Waals surface area (Å²) in [5, 5.41) is 20.2. The first-order valence-corrected chi connectivity index (χ1v) is 3.12. The first kappa shape index (κ1) is 10.3. The van der Waals surface area contributed by atoms with Crippen molar-refractivity contribution in [1.82, 2.24) is 0 Å². The topological polar surface area (TPSA) is 86.3 Å². The average molecular weight is 172 g/mol. The van der Waals surface area contributed by atoms with Gasteiger partial charge in [0, 0.05) is 6.92 Å². The SMILES string of the molecule is C/C=C(\C=C(/C)[N+](=O)[O-])[N+](=O)[O-]. The van der Waals surface area contributed by atoms with Gasteiger partial charge in [0.2, 0.25) is 5.70 Å². The molecule has 0 atom stereocenters. The molecule has 0 rings (SSSR count). The second-order valence-electron chi connectivity index (χ2n) is 2.01. The van der Waals surface area contributed by atoms with Crippen LogP contribution in [0.15, 0.2) is 23.5 Å². The number of hydrogen-bond acceptors (Lipinski definition) is 4. The summed E-state index contributed by atoms with van der Waals surface area (Å²) in [6, 6.07) is 0. The van der Waals surface area contributed by atoms with E-state index in [1.807, 2.05) is 0 Å². The lowest BCUT2D eigenvalue weighted by Crippen LogP contribution is -1.99. The Bertz CT molecular complexity index is 267. The van der Waals surface area contributed by atoms with E-state index in [0.717, 1.165) is 6.08 Å². The standard InChI is InChI=1S/C6H8N2O4/c1-3-6(8(11)12)4-5(2)7(9)10/h3-4H,1-2H3/b5-4+,6-3+. The Morgan fingerprint density at radius 3 is 2.00 bits per heavy atom. The fourth-order valence-electron chi connectivity index (χ4n) is 0.508. The summed E-state index contributed by atoms with van der Waals surface area (Å²) >= 11 is 0. The van der Waals surface area contributed by atoms with Crippen molar-refractivity contribution in [3.8, 4) is 0 Å². The Balaban J connectivity index is 4.72. The van der Waals surface area contributed by atoms with E-state index in [9.17, 15) is 20.2 Å². The van der Waals surface area contributed by atoms with Gasteiger partial charge in [-0.05, 0) is 13.0 Å². The number of allylic oxidation sites excluding steroid dienone is 3. The van der Waals surface area contributed by atoms with Crippen LogP contribution in [-0.2, 0) is 0 Å². The molecule has 12 heavy (non-hydrogen) atoms. The van der Waals surface area contributed by atoms with Crippen LogP contribution < -0.4 is 0 Å². The number of nitro groups is 2. The quantitative estimate of drug-likeness (QED) is 0.365. The molecule has 0 aliphatic rings. The van der Waals surface area contributed by atoms with Crippen LogP contribution in [0, 0.1) is 20.2 Å². The molecule has 0 amide bonds. The number of nitrogens with zero attached hydrogens (tertiary/aromatic N) is 2. The highest BCUT2D eigenvalue weighted by atomic mass is 16.6. The molecule has 0 bridgehead atoms. The van der Waals surface area contributed by atoms with Gasteiger partial charge in [-0.3, -0.25) is 20.2 Å². The Hall–Kier alpha value is -1.72. The van der Waals surface area contributed by atoms with E-state index >= 15 is 0 Å². The Labute approximate surface area is 68.5 Å². The van der Waals surface area contributed by atoms with Gasteiger partial charge in [0.1, 0.15) is 0 Å². The molecule has 0 aliphatic heterocycles. The zero-order valence-corrected chi connectivity index (χ0v) is 6.68. The summed E-state index contributed by atoms with van der Waals surface area (Å²) in [5.41, 5.74) is -0.524. The first-order chi connectivity index (χ1) is 5.49. The van der Waals surface area contributed by atoms with Gasteiger partial charge in [-0.25, -0.2) is 0 Å². The van der Waals surface area contributed by atoms with Gasteiger partial charge in [0.25, 0.3) is 5.70 Å². The maximum absolute atomic E-state index is 10.2. The fourth-order valence-corrected chi connectivity index (χ4v) is 0.508. The Morgan fingerprint density at radius 1 is 1.25 bits per heavy atom. The van der Waals surface area contributed by atoms with Crippen molar-refractivity contribution in [3.63, 3.8) is 0 Å². The molecule has 0 aliphatic carbocycles. The van der Waals surface area contributed by atoms with E-state index in [4.69, 9.17) is 0 Å². The Morgan fingerprint density at radius 2 is 1.75 bits per heavy atom. The van der Waals surface area contributed by atoms with Crippen LogP contribution >= 0.6 is 0 Å². The van der Waals surface area contributed by atoms with Crippen molar-refractivity contribution in [1.29, 1.82) is 0 Å². The van der Waals surface area contributed by atoms with E-state index in [0.29, 0.717) is 0 Å². The van der Waals surface area contributed by atoms with Gasteiger partial charge in [0.15, 0.2) is 0 Å².